The lowest BCUT2D eigenvalue weighted by atomic mass is 10.6. The van der Waals surface area contributed by atoms with Crippen LogP contribution in [0.5, 0.6) is 0 Å². The molecule has 60 valence electrons. The lowest BCUT2D eigenvalue weighted by Crippen LogP contribution is -1.59. The zero-order chi connectivity index (χ0) is 7.11. The molecule has 1 heterocycles. The summed E-state index contributed by atoms with van der Waals surface area (Å²) >= 11 is 3.87. The maximum absolute atomic E-state index is 3.87. The van der Waals surface area contributed by atoms with Crippen molar-refractivity contribution in [3.63, 3.8) is 0 Å². The van der Waals surface area contributed by atoms with Crippen LogP contribution in [0, 0.1) is 0 Å². The number of nitrogens with one attached hydrogen (secondary N) is 1. The first-order chi connectivity index (χ1) is 4.31. The van der Waals surface area contributed by atoms with Crippen molar-refractivity contribution in [2.75, 3.05) is 0 Å². The van der Waals surface area contributed by atoms with Crippen LogP contribution in [0.15, 0.2) is 17.6 Å². The summed E-state index contributed by atoms with van der Waals surface area (Å²) in [4.78, 5) is 6.48. The highest BCUT2D eigenvalue weighted by molar-refractivity contribution is 7.80. The van der Waals surface area contributed by atoms with Gasteiger partial charge in [0.15, 0.2) is 5.16 Å². The summed E-state index contributed by atoms with van der Waals surface area (Å²) in [6.45, 7) is 4.25. The Morgan fingerprint density at radius 3 is 2.20 bits per heavy atom. The molecule has 0 saturated carbocycles. The number of H-pyrrole nitrogens is 1. The van der Waals surface area contributed by atoms with E-state index < -0.39 is 0 Å². The molecule has 0 unspecified atom stereocenters. The third-order valence-electron chi connectivity index (χ3n) is 0.484. The van der Waals surface area contributed by atoms with Gasteiger partial charge in [-0.1, -0.05) is 20.3 Å². The molecule has 0 atom stereocenters. The van der Waals surface area contributed by atoms with Gasteiger partial charge in [0.05, 0.1) is 0 Å². The fourth-order valence-corrected chi connectivity index (χ4v) is 0.398. The Kier molecular flexibility index (Phi) is 11.2. The summed E-state index contributed by atoms with van der Waals surface area (Å²) in [5, 5.41) is 0.662. The van der Waals surface area contributed by atoms with Crippen LogP contribution < -0.4 is 0 Å². The average Bonchev–Trinajstić information content (AvgIpc) is 2.20. The van der Waals surface area contributed by atoms with Crippen molar-refractivity contribution in [2.45, 2.75) is 25.4 Å². The minimum atomic E-state index is 0. The van der Waals surface area contributed by atoms with Gasteiger partial charge in [-0.05, 0) is 0 Å². The maximum Gasteiger partial charge on any atom is 0.162 e. The number of aromatic amines is 1. The molecule has 0 aromatic carbocycles. The molecule has 0 spiro atoms. The highest BCUT2D eigenvalue weighted by Gasteiger charge is 1.75. The van der Waals surface area contributed by atoms with Gasteiger partial charge >= 0.3 is 0 Å². The summed E-state index contributed by atoms with van der Waals surface area (Å²) in [5.41, 5.74) is 0. The lowest BCUT2D eigenvalue weighted by molar-refractivity contribution is 1.07. The van der Waals surface area contributed by atoms with Crippen LogP contribution in [0.25, 0.3) is 0 Å². The van der Waals surface area contributed by atoms with Crippen LogP contribution in [0.2, 0.25) is 0 Å². The molecular formula is C6H14N2S2. The maximum atomic E-state index is 3.87. The van der Waals surface area contributed by atoms with Crippen molar-refractivity contribution in [2.24, 2.45) is 0 Å². The first-order valence-corrected chi connectivity index (χ1v) is 3.44. The van der Waals surface area contributed by atoms with Crippen LogP contribution in [0.4, 0.5) is 0 Å². The SMILES string of the molecule is CCC.S.Sc1ncc[nH]1. The van der Waals surface area contributed by atoms with E-state index in [9.17, 15) is 0 Å². The molecule has 0 saturated heterocycles. The van der Waals surface area contributed by atoms with Gasteiger partial charge < -0.3 is 4.98 Å². The highest BCUT2D eigenvalue weighted by Crippen LogP contribution is 1.89. The van der Waals surface area contributed by atoms with Crippen molar-refractivity contribution >= 4 is 26.1 Å². The van der Waals surface area contributed by atoms with Crippen LogP contribution >= 0.6 is 26.1 Å². The lowest BCUT2D eigenvalue weighted by Gasteiger charge is -1.67. The van der Waals surface area contributed by atoms with Gasteiger partial charge in [-0.2, -0.15) is 13.5 Å². The molecule has 0 aliphatic carbocycles. The molecular weight excluding hydrogens is 164 g/mol. The number of aromatic nitrogens is 2. The molecule has 4 heteroatoms. The number of hydrogen-bond acceptors (Lipinski definition) is 2. The third-order valence-corrected chi connectivity index (χ3v) is 0.728. The van der Waals surface area contributed by atoms with Crippen molar-refractivity contribution < 1.29 is 0 Å². The summed E-state index contributed by atoms with van der Waals surface area (Å²) in [6.07, 6.45) is 4.63. The topological polar surface area (TPSA) is 28.7 Å². The molecule has 0 fully saturated rings. The first-order valence-electron chi connectivity index (χ1n) is 2.99. The predicted molar refractivity (Wildman–Crippen MR) is 52.2 cm³/mol. The number of imidazole rings is 1. The van der Waals surface area contributed by atoms with Crippen molar-refractivity contribution in [1.82, 2.24) is 9.97 Å². The molecule has 1 rings (SSSR count). The summed E-state index contributed by atoms with van der Waals surface area (Å²) < 4.78 is 0. The van der Waals surface area contributed by atoms with Crippen LogP contribution in [-0.2, 0) is 0 Å². The van der Waals surface area contributed by atoms with E-state index in [4.69, 9.17) is 0 Å². The Labute approximate surface area is 74.3 Å². The number of rotatable bonds is 0. The van der Waals surface area contributed by atoms with E-state index in [0.717, 1.165) is 0 Å². The Balaban J connectivity index is 0. The quantitative estimate of drug-likeness (QED) is 0.586. The van der Waals surface area contributed by atoms with Crippen LogP contribution in [0.3, 0.4) is 0 Å². The molecule has 0 aliphatic rings. The molecule has 1 aromatic rings. The largest absolute Gasteiger partial charge is 0.340 e. The van der Waals surface area contributed by atoms with Gasteiger partial charge in [0.1, 0.15) is 0 Å². The fourth-order valence-electron chi connectivity index (χ4n) is 0.257. The van der Waals surface area contributed by atoms with Crippen molar-refractivity contribution in [3.05, 3.63) is 12.4 Å². The molecule has 0 aliphatic heterocycles. The second-order valence-electron chi connectivity index (χ2n) is 1.62. The molecule has 1 N–H and O–H groups in total. The van der Waals surface area contributed by atoms with Gasteiger partial charge in [-0.3, -0.25) is 0 Å². The van der Waals surface area contributed by atoms with E-state index >= 15 is 0 Å². The molecule has 2 nitrogen and oxygen atoms in total. The van der Waals surface area contributed by atoms with Crippen molar-refractivity contribution in [1.29, 1.82) is 0 Å². The standard InChI is InChI=1S/C3H4N2S.C3H8.H2S/c6-3-4-1-2-5-3;1-3-2;/h1-2H,(H2,4,5,6);3H2,1-2H3;1H2. The van der Waals surface area contributed by atoms with E-state index in [1.54, 1.807) is 12.4 Å². The Hall–Kier alpha value is -0.0900. The summed E-state index contributed by atoms with van der Waals surface area (Å²) in [5.74, 6) is 0. The van der Waals surface area contributed by atoms with E-state index in [0.29, 0.717) is 5.16 Å². The minimum Gasteiger partial charge on any atom is -0.340 e. The smallest absolute Gasteiger partial charge is 0.162 e. The Morgan fingerprint density at radius 1 is 1.60 bits per heavy atom. The van der Waals surface area contributed by atoms with Gasteiger partial charge in [0.2, 0.25) is 0 Å². The Bertz CT molecular complexity index is 128. The second kappa shape index (κ2) is 8.91. The molecule has 0 bridgehead atoms. The van der Waals surface area contributed by atoms with Crippen LogP contribution in [0.1, 0.15) is 20.3 Å². The molecule has 1 aromatic heterocycles. The third kappa shape index (κ3) is 7.91. The minimum absolute atomic E-state index is 0. The van der Waals surface area contributed by atoms with E-state index in [-0.39, 0.29) is 13.5 Å². The normalized spacial score (nSPS) is 7.10. The van der Waals surface area contributed by atoms with Crippen molar-refractivity contribution in [3.8, 4) is 0 Å². The average molecular weight is 178 g/mol. The molecule has 0 radical (unpaired) electrons. The van der Waals surface area contributed by atoms with Crippen LogP contribution in [-0.4, -0.2) is 9.97 Å². The zero-order valence-electron chi connectivity index (χ0n) is 6.26. The van der Waals surface area contributed by atoms with E-state index in [1.807, 2.05) is 0 Å². The number of nitrogens with zero attached hydrogens (tertiary/aromatic N) is 1. The van der Waals surface area contributed by atoms with Gasteiger partial charge in [-0.15, -0.1) is 12.6 Å². The monoisotopic (exact) mass is 178 g/mol. The summed E-state index contributed by atoms with van der Waals surface area (Å²) in [6, 6.07) is 0. The molecule has 0 amide bonds. The zero-order valence-corrected chi connectivity index (χ0v) is 8.15. The fraction of sp³-hybridized carbons (Fsp3) is 0.500. The Morgan fingerprint density at radius 2 is 2.10 bits per heavy atom. The van der Waals surface area contributed by atoms with Gasteiger partial charge in [0.25, 0.3) is 0 Å². The number of hydrogen-bond donors (Lipinski definition) is 2. The summed E-state index contributed by atoms with van der Waals surface area (Å²) in [7, 11) is 0. The number of thiol groups is 1. The second-order valence-corrected chi connectivity index (χ2v) is 2.04. The van der Waals surface area contributed by atoms with E-state index in [2.05, 4.69) is 36.4 Å². The van der Waals surface area contributed by atoms with Gasteiger partial charge in [-0.25, -0.2) is 4.98 Å². The van der Waals surface area contributed by atoms with Gasteiger partial charge in [0, 0.05) is 12.4 Å². The predicted octanol–water partition coefficient (Wildman–Crippen LogP) is 2.23. The van der Waals surface area contributed by atoms with E-state index in [1.165, 1.54) is 6.42 Å². The molecule has 10 heavy (non-hydrogen) atoms. The first kappa shape index (κ1) is 12.6. The highest BCUT2D eigenvalue weighted by atomic mass is 32.1.